The summed E-state index contributed by atoms with van der Waals surface area (Å²) < 4.78 is 10.8. The minimum Gasteiger partial charge on any atom is -0.496 e. The number of carbonyl (C=O) groups is 2. The summed E-state index contributed by atoms with van der Waals surface area (Å²) in [7, 11) is 1.63. The van der Waals surface area contributed by atoms with Crippen molar-refractivity contribution in [1.29, 1.82) is 0 Å². The molecule has 0 saturated carbocycles. The Kier molecular flexibility index (Phi) is 6.94. The Morgan fingerprint density at radius 1 is 1.10 bits per heavy atom. The van der Waals surface area contributed by atoms with Gasteiger partial charge in [-0.15, -0.1) is 0 Å². The molecule has 3 amide bonds. The van der Waals surface area contributed by atoms with Gasteiger partial charge in [0, 0.05) is 25.3 Å². The summed E-state index contributed by atoms with van der Waals surface area (Å²) in [6, 6.07) is 15.0. The predicted molar refractivity (Wildman–Crippen MR) is 112 cm³/mol. The zero-order chi connectivity index (χ0) is 20.6. The van der Waals surface area contributed by atoms with Crippen molar-refractivity contribution in [3.05, 3.63) is 54.1 Å². The third kappa shape index (κ3) is 5.19. The van der Waals surface area contributed by atoms with E-state index >= 15 is 0 Å². The summed E-state index contributed by atoms with van der Waals surface area (Å²) in [5.74, 6) is 1.42. The second-order valence-corrected chi connectivity index (χ2v) is 6.69. The molecule has 1 saturated heterocycles. The number of methoxy groups -OCH3 is 1. The molecule has 0 aromatic heterocycles. The molecule has 0 unspecified atom stereocenters. The van der Waals surface area contributed by atoms with Gasteiger partial charge >= 0.3 is 6.03 Å². The maximum absolute atomic E-state index is 12.7. The van der Waals surface area contributed by atoms with Gasteiger partial charge in [-0.05, 0) is 49.2 Å². The summed E-state index contributed by atoms with van der Waals surface area (Å²) in [5.41, 5.74) is 1.84. The Hall–Kier alpha value is -3.22. The number of hydrogen-bond donors (Lipinski definition) is 1. The summed E-state index contributed by atoms with van der Waals surface area (Å²) in [6.45, 7) is 4.15. The molecular formula is C22H27N3O4. The lowest BCUT2D eigenvalue weighted by atomic mass is 10.1. The van der Waals surface area contributed by atoms with E-state index in [0.717, 1.165) is 22.7 Å². The van der Waals surface area contributed by atoms with Crippen LogP contribution in [0, 0.1) is 0 Å². The lowest BCUT2D eigenvalue weighted by Crippen LogP contribution is -2.40. The topological polar surface area (TPSA) is 71.1 Å². The van der Waals surface area contributed by atoms with Crippen LogP contribution in [0.4, 0.5) is 10.5 Å². The number of rotatable bonds is 9. The Morgan fingerprint density at radius 3 is 2.59 bits per heavy atom. The summed E-state index contributed by atoms with van der Waals surface area (Å²) >= 11 is 0. The van der Waals surface area contributed by atoms with E-state index in [4.69, 9.17) is 9.47 Å². The van der Waals surface area contributed by atoms with Crippen molar-refractivity contribution in [1.82, 2.24) is 10.2 Å². The molecule has 2 aromatic rings. The molecule has 29 heavy (non-hydrogen) atoms. The van der Waals surface area contributed by atoms with Crippen LogP contribution < -0.4 is 19.7 Å². The Labute approximate surface area is 171 Å². The van der Waals surface area contributed by atoms with Crippen LogP contribution >= 0.6 is 0 Å². The van der Waals surface area contributed by atoms with Crippen LogP contribution in [-0.2, 0) is 11.2 Å². The minimum absolute atomic E-state index is 0.0539. The smallest absolute Gasteiger partial charge is 0.325 e. The van der Waals surface area contributed by atoms with Crippen LogP contribution in [0.1, 0.15) is 12.5 Å². The lowest BCUT2D eigenvalue weighted by Gasteiger charge is -2.19. The third-order valence-electron chi connectivity index (χ3n) is 4.80. The number of urea groups is 1. The van der Waals surface area contributed by atoms with Gasteiger partial charge in [-0.2, -0.15) is 0 Å². The molecular weight excluding hydrogens is 370 g/mol. The molecule has 1 heterocycles. The quantitative estimate of drug-likeness (QED) is 0.706. The third-order valence-corrected chi connectivity index (χ3v) is 4.80. The second-order valence-electron chi connectivity index (χ2n) is 6.69. The van der Waals surface area contributed by atoms with Gasteiger partial charge in [0.25, 0.3) is 0 Å². The average Bonchev–Trinajstić information content (AvgIpc) is 3.09. The van der Waals surface area contributed by atoms with Gasteiger partial charge in [0.1, 0.15) is 18.0 Å². The van der Waals surface area contributed by atoms with Crippen LogP contribution in [-0.4, -0.2) is 56.7 Å². The van der Waals surface area contributed by atoms with Gasteiger partial charge in [0.2, 0.25) is 5.91 Å². The average molecular weight is 397 g/mol. The Morgan fingerprint density at radius 2 is 1.86 bits per heavy atom. The van der Waals surface area contributed by atoms with E-state index in [-0.39, 0.29) is 18.5 Å². The van der Waals surface area contributed by atoms with Crippen molar-refractivity contribution in [2.45, 2.75) is 13.3 Å². The first kappa shape index (κ1) is 20.5. The summed E-state index contributed by atoms with van der Waals surface area (Å²) in [6.07, 6.45) is 0.669. The van der Waals surface area contributed by atoms with Gasteiger partial charge in [0.15, 0.2) is 0 Å². The van der Waals surface area contributed by atoms with Crippen molar-refractivity contribution in [3.8, 4) is 11.5 Å². The zero-order valence-electron chi connectivity index (χ0n) is 16.9. The Balaban J connectivity index is 1.48. The first-order valence-corrected chi connectivity index (χ1v) is 9.80. The van der Waals surface area contributed by atoms with E-state index in [0.29, 0.717) is 32.7 Å². The van der Waals surface area contributed by atoms with Crippen LogP contribution in [0.2, 0.25) is 0 Å². The number of carbonyl (C=O) groups excluding carboxylic acids is 2. The van der Waals surface area contributed by atoms with E-state index in [1.807, 2.05) is 55.5 Å². The summed E-state index contributed by atoms with van der Waals surface area (Å²) in [5, 5.41) is 2.88. The maximum Gasteiger partial charge on any atom is 0.325 e. The van der Waals surface area contributed by atoms with E-state index < -0.39 is 0 Å². The number of nitrogens with zero attached hydrogens (tertiary/aromatic N) is 2. The van der Waals surface area contributed by atoms with Crippen LogP contribution in [0.5, 0.6) is 11.5 Å². The van der Waals surface area contributed by atoms with E-state index in [1.165, 1.54) is 0 Å². The molecule has 1 aliphatic heterocycles. The molecule has 1 fully saturated rings. The summed E-state index contributed by atoms with van der Waals surface area (Å²) in [4.78, 5) is 28.2. The van der Waals surface area contributed by atoms with Crippen LogP contribution in [0.25, 0.3) is 0 Å². The first-order valence-electron chi connectivity index (χ1n) is 9.80. The molecule has 1 N–H and O–H groups in total. The fraction of sp³-hybridized carbons (Fsp3) is 0.364. The number of hydrogen-bond acceptors (Lipinski definition) is 4. The SMILES string of the molecule is CCOc1ccc(N2CCN(CC(=O)NCCc3ccccc3OC)C2=O)cc1. The lowest BCUT2D eigenvalue weighted by molar-refractivity contribution is -0.121. The second kappa shape index (κ2) is 9.82. The highest BCUT2D eigenvalue weighted by molar-refractivity contribution is 5.96. The number of amides is 3. The molecule has 7 nitrogen and oxygen atoms in total. The maximum atomic E-state index is 12.7. The van der Waals surface area contributed by atoms with Crippen LogP contribution in [0.15, 0.2) is 48.5 Å². The molecule has 0 atom stereocenters. The fourth-order valence-corrected chi connectivity index (χ4v) is 3.33. The normalized spacial score (nSPS) is 13.5. The zero-order valence-corrected chi connectivity index (χ0v) is 16.9. The number of para-hydroxylation sites is 1. The molecule has 0 radical (unpaired) electrons. The van der Waals surface area contributed by atoms with Gasteiger partial charge < -0.3 is 19.7 Å². The predicted octanol–water partition coefficient (Wildman–Crippen LogP) is 2.69. The number of nitrogens with one attached hydrogen (secondary N) is 1. The van der Waals surface area contributed by atoms with Crippen molar-refractivity contribution < 1.29 is 19.1 Å². The number of anilines is 1. The molecule has 154 valence electrons. The van der Waals surface area contributed by atoms with Crippen LogP contribution in [0.3, 0.4) is 0 Å². The van der Waals surface area contributed by atoms with Crippen molar-refractivity contribution in [2.75, 3.05) is 44.8 Å². The van der Waals surface area contributed by atoms with Crippen molar-refractivity contribution in [2.24, 2.45) is 0 Å². The van der Waals surface area contributed by atoms with Crippen molar-refractivity contribution in [3.63, 3.8) is 0 Å². The van der Waals surface area contributed by atoms with Gasteiger partial charge in [0.05, 0.1) is 13.7 Å². The Bertz CT molecular complexity index is 838. The van der Waals surface area contributed by atoms with Gasteiger partial charge in [-0.1, -0.05) is 18.2 Å². The van der Waals surface area contributed by atoms with E-state index in [1.54, 1.807) is 16.9 Å². The molecule has 0 aliphatic carbocycles. The fourth-order valence-electron chi connectivity index (χ4n) is 3.33. The molecule has 7 heteroatoms. The molecule has 1 aliphatic rings. The highest BCUT2D eigenvalue weighted by Crippen LogP contribution is 2.23. The van der Waals surface area contributed by atoms with E-state index in [9.17, 15) is 9.59 Å². The molecule has 0 bridgehead atoms. The van der Waals surface area contributed by atoms with Crippen molar-refractivity contribution >= 4 is 17.6 Å². The highest BCUT2D eigenvalue weighted by Gasteiger charge is 2.30. The van der Waals surface area contributed by atoms with Gasteiger partial charge in [-0.3, -0.25) is 9.69 Å². The molecule has 3 rings (SSSR count). The number of ether oxygens (including phenoxy) is 2. The minimum atomic E-state index is -0.165. The largest absolute Gasteiger partial charge is 0.496 e. The molecule has 2 aromatic carbocycles. The number of benzene rings is 2. The highest BCUT2D eigenvalue weighted by atomic mass is 16.5. The monoisotopic (exact) mass is 397 g/mol. The van der Waals surface area contributed by atoms with Gasteiger partial charge in [-0.25, -0.2) is 4.79 Å². The standard InChI is InChI=1S/C22H27N3O4/c1-3-29-19-10-8-18(9-11-19)25-15-14-24(22(25)27)16-21(26)23-13-12-17-6-4-5-7-20(17)28-2/h4-11H,3,12-16H2,1-2H3,(H,23,26). The molecule has 0 spiro atoms. The van der Waals surface area contributed by atoms with E-state index in [2.05, 4.69) is 5.32 Å². The first-order chi connectivity index (χ1) is 14.1.